The Morgan fingerprint density at radius 2 is 2.19 bits per heavy atom. The summed E-state index contributed by atoms with van der Waals surface area (Å²) >= 11 is -4.75. The Kier molecular flexibility index (Phi) is 4.14. The van der Waals surface area contributed by atoms with Gasteiger partial charge in [0, 0.05) is 0 Å². The van der Waals surface area contributed by atoms with E-state index in [1.807, 2.05) is 5.48 Å². The van der Waals surface area contributed by atoms with Gasteiger partial charge < -0.3 is 0 Å². The van der Waals surface area contributed by atoms with Gasteiger partial charge in [0.2, 0.25) is 0 Å². The molecule has 0 bridgehead atoms. The fraction of sp³-hybridized carbons (Fsp3) is 0.125. The molecule has 0 radical (unpaired) electrons. The van der Waals surface area contributed by atoms with Crippen LogP contribution < -0.4 is 9.83 Å². The van der Waals surface area contributed by atoms with Crippen LogP contribution in [0.4, 0.5) is 0 Å². The molecule has 0 aliphatic carbocycles. The summed E-state index contributed by atoms with van der Waals surface area (Å²) in [7, 11) is 0. The van der Waals surface area contributed by atoms with Crippen molar-refractivity contribution in [2.24, 2.45) is 0 Å². The second kappa shape index (κ2) is 5.18. The van der Waals surface area contributed by atoms with Crippen LogP contribution in [0.5, 0.6) is 5.75 Å². The summed E-state index contributed by atoms with van der Waals surface area (Å²) in [4.78, 5) is 10.6. The zero-order valence-corrected chi connectivity index (χ0v) is 10.2. The number of aromatic hydroxyl groups is 1. The first-order valence-electron chi connectivity index (χ1n) is 4.16. The van der Waals surface area contributed by atoms with Crippen LogP contribution in [0, 0.1) is 0 Å². The summed E-state index contributed by atoms with van der Waals surface area (Å²) in [6, 6.07) is 5.18. The van der Waals surface area contributed by atoms with Gasteiger partial charge in [0.25, 0.3) is 0 Å². The van der Waals surface area contributed by atoms with Crippen LogP contribution in [-0.4, -0.2) is 30.4 Å². The maximum atomic E-state index is 11.9. The summed E-state index contributed by atoms with van der Waals surface area (Å²) in [5.74, 6) is -0.763. The summed E-state index contributed by atoms with van der Waals surface area (Å²) < 4.78 is 20.2. The van der Waals surface area contributed by atoms with Crippen molar-refractivity contribution in [2.75, 3.05) is 0 Å². The Morgan fingerprint density at radius 1 is 1.50 bits per heavy atom. The van der Waals surface area contributed by atoms with Gasteiger partial charge in [-0.15, -0.1) is 0 Å². The van der Waals surface area contributed by atoms with Crippen LogP contribution in [0.3, 0.4) is 0 Å². The average Bonchev–Trinajstić information content (AvgIpc) is 2.26. The standard InChI is InChI=1S/C8H10AsNO6/c1-6(11)10-15-9(13,16-14)7-3-2-4-8(12)5-7/h2-5,12,14H,1H3,(H,10,11). The van der Waals surface area contributed by atoms with Crippen LogP contribution in [0.25, 0.3) is 0 Å². The SMILES string of the molecule is CC(=O)NO[As](=O)(OO)c1cccc(O)c1. The molecular formula is C8H10AsNO6. The van der Waals surface area contributed by atoms with Crippen LogP contribution >= 0.6 is 0 Å². The van der Waals surface area contributed by atoms with Crippen molar-refractivity contribution in [1.29, 1.82) is 0 Å². The number of amides is 1. The van der Waals surface area contributed by atoms with Gasteiger partial charge in [-0.2, -0.15) is 0 Å². The van der Waals surface area contributed by atoms with Crippen molar-refractivity contribution in [3.05, 3.63) is 24.3 Å². The molecule has 7 nitrogen and oxygen atoms in total. The second-order valence-corrected chi connectivity index (χ2v) is 6.75. The molecule has 0 aromatic heterocycles. The zero-order valence-electron chi connectivity index (χ0n) is 8.28. The summed E-state index contributed by atoms with van der Waals surface area (Å²) in [6.07, 6.45) is 0. The van der Waals surface area contributed by atoms with E-state index in [1.165, 1.54) is 18.2 Å². The van der Waals surface area contributed by atoms with E-state index in [2.05, 4.69) is 7.70 Å². The van der Waals surface area contributed by atoms with Crippen molar-refractivity contribution >= 4 is 24.4 Å². The fourth-order valence-electron chi connectivity index (χ4n) is 0.904. The molecule has 1 amide bonds. The number of phenols is 1. The quantitative estimate of drug-likeness (QED) is 0.393. The minimum atomic E-state index is -4.75. The summed E-state index contributed by atoms with van der Waals surface area (Å²) in [5.41, 5.74) is 1.81. The number of hydrogen-bond donors (Lipinski definition) is 3. The number of phenolic OH excluding ortho intramolecular Hbond substituents is 1. The van der Waals surface area contributed by atoms with Crippen LogP contribution in [0.2, 0.25) is 0 Å². The number of carbonyl (C=O) groups is 1. The van der Waals surface area contributed by atoms with Crippen molar-refractivity contribution < 1.29 is 26.6 Å². The topological polar surface area (TPSA) is 105 Å². The molecule has 3 N–H and O–H groups in total. The molecule has 0 saturated heterocycles. The predicted molar refractivity (Wildman–Crippen MR) is 52.8 cm³/mol. The van der Waals surface area contributed by atoms with Crippen LogP contribution in [-0.2, 0) is 16.2 Å². The molecule has 0 aliphatic heterocycles. The van der Waals surface area contributed by atoms with Gasteiger partial charge in [-0.3, -0.25) is 0 Å². The van der Waals surface area contributed by atoms with Gasteiger partial charge in [0.05, 0.1) is 0 Å². The first kappa shape index (κ1) is 12.8. The number of hydroxylamine groups is 1. The minimum absolute atomic E-state index is 0.0330. The number of rotatable bonds is 4. The number of nitrogens with one attached hydrogen (secondary N) is 1. The average molecular weight is 291 g/mol. The van der Waals surface area contributed by atoms with Crippen molar-refractivity contribution in [3.63, 3.8) is 0 Å². The molecule has 1 atom stereocenters. The molecule has 1 rings (SSSR count). The maximum absolute atomic E-state index is 11.9. The summed E-state index contributed by atoms with van der Waals surface area (Å²) in [6.45, 7) is 1.14. The van der Waals surface area contributed by atoms with Crippen LogP contribution in [0.15, 0.2) is 24.3 Å². The molecule has 1 aromatic carbocycles. The van der Waals surface area contributed by atoms with Crippen LogP contribution in [0.1, 0.15) is 6.92 Å². The molecule has 0 aliphatic rings. The Balaban J connectivity index is 2.96. The summed E-state index contributed by atoms with van der Waals surface area (Å²) in [5, 5.41) is 17.7. The second-order valence-electron chi connectivity index (χ2n) is 2.85. The molecule has 0 fully saturated rings. The third-order valence-corrected chi connectivity index (χ3v) is 4.62. The normalized spacial score (nSPS) is 14.1. The Morgan fingerprint density at radius 3 is 2.69 bits per heavy atom. The first-order valence-corrected chi connectivity index (χ1v) is 7.39. The third-order valence-electron chi connectivity index (χ3n) is 1.56. The third kappa shape index (κ3) is 3.11. The van der Waals surface area contributed by atoms with Gasteiger partial charge in [0.15, 0.2) is 0 Å². The Bertz CT molecular complexity index is 434. The van der Waals surface area contributed by atoms with Crippen molar-refractivity contribution in [1.82, 2.24) is 5.48 Å². The van der Waals surface area contributed by atoms with E-state index in [-0.39, 0.29) is 10.1 Å². The van der Waals surface area contributed by atoms with E-state index in [4.69, 9.17) is 10.4 Å². The van der Waals surface area contributed by atoms with E-state index < -0.39 is 20.1 Å². The molecule has 0 spiro atoms. The molecule has 1 unspecified atom stereocenters. The number of benzene rings is 1. The van der Waals surface area contributed by atoms with Gasteiger partial charge in [-0.1, -0.05) is 0 Å². The number of hydrogen-bond acceptors (Lipinski definition) is 6. The Hall–Kier alpha value is -1.27. The van der Waals surface area contributed by atoms with E-state index in [9.17, 15) is 8.53 Å². The Labute approximate surface area is 93.9 Å². The van der Waals surface area contributed by atoms with Gasteiger partial charge >= 0.3 is 93.5 Å². The zero-order chi connectivity index (χ0) is 12.2. The van der Waals surface area contributed by atoms with E-state index in [0.29, 0.717) is 0 Å². The molecule has 0 heterocycles. The number of carbonyl (C=O) groups excluding carboxylic acids is 1. The predicted octanol–water partition coefficient (Wildman–Crippen LogP) is -0.474. The van der Waals surface area contributed by atoms with Gasteiger partial charge in [-0.25, -0.2) is 0 Å². The molecule has 8 heteroatoms. The molecule has 88 valence electrons. The molecule has 0 saturated carbocycles. The molecular weight excluding hydrogens is 281 g/mol. The van der Waals surface area contributed by atoms with Gasteiger partial charge in [0.1, 0.15) is 0 Å². The molecule has 1 aromatic rings. The van der Waals surface area contributed by atoms with E-state index >= 15 is 0 Å². The monoisotopic (exact) mass is 291 g/mol. The van der Waals surface area contributed by atoms with E-state index in [1.54, 1.807) is 0 Å². The first-order chi connectivity index (χ1) is 7.48. The fourth-order valence-corrected chi connectivity index (χ4v) is 3.09. The van der Waals surface area contributed by atoms with Crippen molar-refractivity contribution in [2.45, 2.75) is 6.92 Å². The van der Waals surface area contributed by atoms with Crippen molar-refractivity contribution in [3.8, 4) is 5.75 Å². The van der Waals surface area contributed by atoms with Gasteiger partial charge in [-0.05, 0) is 0 Å². The molecule has 16 heavy (non-hydrogen) atoms. The van der Waals surface area contributed by atoms with E-state index in [0.717, 1.165) is 13.0 Å².